The van der Waals surface area contributed by atoms with Crippen LogP contribution in [0, 0.1) is 17.3 Å². The first-order valence-electron chi connectivity index (χ1n) is 10.1. The van der Waals surface area contributed by atoms with E-state index in [1.165, 1.54) is 0 Å². The van der Waals surface area contributed by atoms with Crippen LogP contribution in [0.1, 0.15) is 25.7 Å². The number of carbonyl (C=O) groups is 1. The van der Waals surface area contributed by atoms with Gasteiger partial charge in [-0.05, 0) is 50.1 Å². The average Bonchev–Trinajstić information content (AvgIpc) is 3.18. The summed E-state index contributed by atoms with van der Waals surface area (Å²) in [5, 5.41) is 6.64. The topological polar surface area (TPSA) is 62.8 Å². The van der Waals surface area contributed by atoms with Crippen molar-refractivity contribution >= 4 is 11.6 Å². The summed E-state index contributed by atoms with van der Waals surface area (Å²) in [6.07, 6.45) is 4.49. The van der Waals surface area contributed by atoms with Gasteiger partial charge in [0.1, 0.15) is 11.5 Å². The summed E-state index contributed by atoms with van der Waals surface area (Å²) < 4.78 is 10.8. The van der Waals surface area contributed by atoms with Crippen LogP contribution in [-0.2, 0) is 4.79 Å². The monoisotopic (exact) mass is 373 g/mol. The molecule has 2 atom stereocenters. The molecule has 6 nitrogen and oxygen atoms in total. The number of benzene rings is 1. The van der Waals surface area contributed by atoms with Crippen LogP contribution in [0.2, 0.25) is 0 Å². The molecular weight excluding hydrogens is 342 g/mol. The Kier molecular flexibility index (Phi) is 5.17. The molecule has 1 aromatic carbocycles. The molecule has 1 aromatic rings. The molecule has 0 radical (unpaired) electrons. The van der Waals surface area contributed by atoms with Crippen molar-refractivity contribution in [2.24, 2.45) is 17.3 Å². The van der Waals surface area contributed by atoms with E-state index in [4.69, 9.17) is 9.47 Å². The van der Waals surface area contributed by atoms with E-state index >= 15 is 0 Å². The summed E-state index contributed by atoms with van der Waals surface area (Å²) in [5.41, 5.74) is 1.43. The third-order valence-electron chi connectivity index (χ3n) is 6.66. The van der Waals surface area contributed by atoms with Gasteiger partial charge in [0.2, 0.25) is 5.91 Å². The van der Waals surface area contributed by atoms with E-state index in [1.807, 2.05) is 6.07 Å². The lowest BCUT2D eigenvalue weighted by Gasteiger charge is -2.23. The highest BCUT2D eigenvalue weighted by Gasteiger charge is 2.57. The van der Waals surface area contributed by atoms with Crippen LogP contribution in [-0.4, -0.2) is 52.9 Å². The van der Waals surface area contributed by atoms with Crippen LogP contribution in [0.4, 0.5) is 5.69 Å². The fourth-order valence-electron chi connectivity index (χ4n) is 4.77. The second kappa shape index (κ2) is 7.58. The largest absolute Gasteiger partial charge is 0.497 e. The summed E-state index contributed by atoms with van der Waals surface area (Å²) in [6.45, 7) is 4.85. The van der Waals surface area contributed by atoms with Gasteiger partial charge in [0.25, 0.3) is 0 Å². The number of hydrogen-bond donors (Lipinski definition) is 2. The van der Waals surface area contributed by atoms with E-state index in [1.54, 1.807) is 14.2 Å². The summed E-state index contributed by atoms with van der Waals surface area (Å²) in [6, 6.07) is 5.99. The molecule has 1 saturated carbocycles. The van der Waals surface area contributed by atoms with Gasteiger partial charge >= 0.3 is 0 Å². The zero-order valence-electron chi connectivity index (χ0n) is 16.4. The predicted octanol–water partition coefficient (Wildman–Crippen LogP) is 2.04. The Hall–Kier alpha value is -1.95. The molecule has 27 heavy (non-hydrogen) atoms. The van der Waals surface area contributed by atoms with Gasteiger partial charge < -0.3 is 25.0 Å². The molecule has 1 amide bonds. The minimum Gasteiger partial charge on any atom is -0.497 e. The molecule has 1 spiro atoms. The number of hydrogen-bond acceptors (Lipinski definition) is 5. The van der Waals surface area contributed by atoms with Crippen molar-refractivity contribution in [2.75, 3.05) is 51.8 Å². The lowest BCUT2D eigenvalue weighted by molar-refractivity contribution is -0.123. The van der Waals surface area contributed by atoms with E-state index in [-0.39, 0.29) is 11.8 Å². The standard InChI is InChI=1S/C21H31N3O3/c1-26-17-9-16(10-18(11-17)27-2)24-8-3-15(14-24)13-23-20(25)19-12-21(19)4-6-22-7-5-21/h9-11,15,19,22H,3-8,12-14H2,1-2H3,(H,23,25). The number of nitrogens with one attached hydrogen (secondary N) is 2. The zero-order valence-corrected chi connectivity index (χ0v) is 16.4. The normalized spacial score (nSPS) is 26.1. The molecule has 2 heterocycles. The highest BCUT2D eigenvalue weighted by atomic mass is 16.5. The Bertz CT molecular complexity index is 665. The van der Waals surface area contributed by atoms with E-state index in [2.05, 4.69) is 27.7 Å². The van der Waals surface area contributed by atoms with Crippen molar-refractivity contribution in [3.8, 4) is 11.5 Å². The number of anilines is 1. The zero-order chi connectivity index (χ0) is 18.9. The molecule has 3 fully saturated rings. The number of methoxy groups -OCH3 is 2. The lowest BCUT2D eigenvalue weighted by atomic mass is 9.91. The van der Waals surface area contributed by atoms with Gasteiger partial charge in [-0.3, -0.25) is 4.79 Å². The maximum absolute atomic E-state index is 12.6. The van der Waals surface area contributed by atoms with Gasteiger partial charge in [-0.15, -0.1) is 0 Å². The summed E-state index contributed by atoms with van der Waals surface area (Å²) in [4.78, 5) is 14.9. The predicted molar refractivity (Wildman–Crippen MR) is 106 cm³/mol. The molecule has 1 aliphatic carbocycles. The molecule has 3 aliphatic rings. The van der Waals surface area contributed by atoms with Crippen LogP contribution >= 0.6 is 0 Å². The number of amides is 1. The quantitative estimate of drug-likeness (QED) is 0.799. The van der Waals surface area contributed by atoms with Crippen LogP contribution in [0.3, 0.4) is 0 Å². The van der Waals surface area contributed by atoms with E-state index in [0.717, 1.165) is 75.6 Å². The molecule has 2 aliphatic heterocycles. The maximum Gasteiger partial charge on any atom is 0.223 e. The minimum atomic E-state index is 0.250. The van der Waals surface area contributed by atoms with E-state index in [9.17, 15) is 4.79 Å². The smallest absolute Gasteiger partial charge is 0.223 e. The molecule has 4 rings (SSSR count). The Balaban J connectivity index is 1.28. The van der Waals surface area contributed by atoms with Crippen molar-refractivity contribution in [1.82, 2.24) is 10.6 Å². The van der Waals surface area contributed by atoms with Gasteiger partial charge in [0.05, 0.1) is 14.2 Å². The van der Waals surface area contributed by atoms with Gasteiger partial charge in [0, 0.05) is 49.4 Å². The molecule has 148 valence electrons. The molecule has 0 aromatic heterocycles. The Morgan fingerprint density at radius 3 is 2.59 bits per heavy atom. The molecule has 2 unspecified atom stereocenters. The highest BCUT2D eigenvalue weighted by Crippen LogP contribution is 2.58. The molecular formula is C21H31N3O3. The van der Waals surface area contributed by atoms with Crippen molar-refractivity contribution in [2.45, 2.75) is 25.7 Å². The number of carbonyl (C=O) groups excluding carboxylic acids is 1. The Morgan fingerprint density at radius 1 is 1.22 bits per heavy atom. The third kappa shape index (κ3) is 3.86. The number of ether oxygens (including phenoxy) is 2. The van der Waals surface area contributed by atoms with Crippen molar-refractivity contribution < 1.29 is 14.3 Å². The van der Waals surface area contributed by atoms with Crippen LogP contribution in [0.15, 0.2) is 18.2 Å². The molecule has 6 heteroatoms. The van der Waals surface area contributed by atoms with E-state index < -0.39 is 0 Å². The van der Waals surface area contributed by atoms with Crippen molar-refractivity contribution in [3.63, 3.8) is 0 Å². The van der Waals surface area contributed by atoms with Crippen molar-refractivity contribution in [1.29, 1.82) is 0 Å². The van der Waals surface area contributed by atoms with Gasteiger partial charge in [-0.1, -0.05) is 0 Å². The third-order valence-corrected chi connectivity index (χ3v) is 6.66. The number of piperidine rings is 1. The lowest BCUT2D eigenvalue weighted by Crippen LogP contribution is -2.36. The van der Waals surface area contributed by atoms with Crippen LogP contribution in [0.25, 0.3) is 0 Å². The van der Waals surface area contributed by atoms with Crippen LogP contribution in [0.5, 0.6) is 11.5 Å². The SMILES string of the molecule is COc1cc(OC)cc(N2CCC(CNC(=O)C3CC34CCNCC4)C2)c1. The summed E-state index contributed by atoms with van der Waals surface area (Å²) in [7, 11) is 3.35. The average molecular weight is 373 g/mol. The molecule has 0 bridgehead atoms. The number of rotatable bonds is 6. The van der Waals surface area contributed by atoms with Crippen LogP contribution < -0.4 is 25.0 Å². The summed E-state index contributed by atoms with van der Waals surface area (Å²) in [5.74, 6) is 2.64. The Morgan fingerprint density at radius 2 is 1.93 bits per heavy atom. The van der Waals surface area contributed by atoms with E-state index in [0.29, 0.717) is 11.3 Å². The minimum absolute atomic E-state index is 0.250. The maximum atomic E-state index is 12.6. The second-order valence-electron chi connectivity index (χ2n) is 8.29. The first kappa shape index (κ1) is 18.4. The summed E-state index contributed by atoms with van der Waals surface area (Å²) >= 11 is 0. The van der Waals surface area contributed by atoms with Gasteiger partial charge in [-0.25, -0.2) is 0 Å². The number of nitrogens with zero attached hydrogens (tertiary/aromatic N) is 1. The molecule has 2 N–H and O–H groups in total. The van der Waals surface area contributed by atoms with Crippen molar-refractivity contribution in [3.05, 3.63) is 18.2 Å². The highest BCUT2D eigenvalue weighted by molar-refractivity contribution is 5.82. The molecule has 2 saturated heterocycles. The fraction of sp³-hybridized carbons (Fsp3) is 0.667. The fourth-order valence-corrected chi connectivity index (χ4v) is 4.77. The van der Waals surface area contributed by atoms with Gasteiger partial charge in [-0.2, -0.15) is 0 Å². The Labute approximate surface area is 161 Å². The first-order chi connectivity index (χ1) is 13.1. The second-order valence-corrected chi connectivity index (χ2v) is 8.29. The first-order valence-corrected chi connectivity index (χ1v) is 10.1. The van der Waals surface area contributed by atoms with Gasteiger partial charge in [0.15, 0.2) is 0 Å².